The van der Waals surface area contributed by atoms with Crippen LogP contribution in [0, 0.1) is 83.1 Å². The van der Waals surface area contributed by atoms with E-state index in [0.717, 1.165) is 134 Å². The van der Waals surface area contributed by atoms with Gasteiger partial charge < -0.3 is 0 Å². The van der Waals surface area contributed by atoms with Crippen LogP contribution < -0.4 is 29.3 Å². The lowest BCUT2D eigenvalue weighted by Crippen LogP contribution is -2.27. The Morgan fingerprint density at radius 3 is 0.647 bits per heavy atom. The smallest absolute Gasteiger partial charge is 0.270 e. The maximum Gasteiger partial charge on any atom is 0.301 e. The molecule has 0 spiro atoms. The molecule has 68 heavy (non-hydrogen) atoms. The summed E-state index contributed by atoms with van der Waals surface area (Å²) in [4.78, 5) is 0. The van der Waals surface area contributed by atoms with Gasteiger partial charge in [-0.05, 0) is 258 Å². The minimum atomic E-state index is -3.63. The van der Waals surface area contributed by atoms with Crippen LogP contribution in [0.4, 0.5) is 45.5 Å². The van der Waals surface area contributed by atoms with Crippen LogP contribution in [0.25, 0.3) is 11.1 Å². The van der Waals surface area contributed by atoms with Gasteiger partial charge in [-0.3, -0.25) is 27.8 Å². The minimum absolute atomic E-state index is 0.731. The van der Waals surface area contributed by atoms with Gasteiger partial charge in [-0.15, -0.1) is 0 Å². The van der Waals surface area contributed by atoms with E-state index in [0.29, 0.717) is 0 Å². The molecule has 0 N–H and O–H groups in total. The standard InChI is InChI=1S/C60H60N4O2P2/c1-37-21-38(2)26-51(25-37)61-57-33-45(9)46(10)34-58(57)62(52-27-39(3)22-40(4)28-52)67(61,65)55-17-13-49(14-18-55)50-15-19-56(20-16-50)68(66)63(53-29-41(5)23-42(6)30-53)59-35-47(11)48(12)36-60(59)64(68)54-31-43(7)24-44(8)32-54/h13-36H,1-12H3. The number of aryl methyl sites for hydroxylation is 12. The molecule has 8 aromatic rings. The van der Waals surface area contributed by atoms with E-state index in [2.05, 4.69) is 223 Å². The summed E-state index contributed by atoms with van der Waals surface area (Å²) in [6.07, 6.45) is 0. The minimum Gasteiger partial charge on any atom is -0.270 e. The summed E-state index contributed by atoms with van der Waals surface area (Å²) in [5, 5.41) is 1.46. The highest BCUT2D eigenvalue weighted by Crippen LogP contribution is 2.72. The number of fused-ring (bicyclic) bond motifs is 2. The van der Waals surface area contributed by atoms with Crippen molar-refractivity contribution in [3.05, 3.63) is 212 Å². The average molecular weight is 931 g/mol. The van der Waals surface area contributed by atoms with E-state index in [1.54, 1.807) is 0 Å². The maximum atomic E-state index is 16.8. The van der Waals surface area contributed by atoms with E-state index in [4.69, 9.17) is 0 Å². The second kappa shape index (κ2) is 16.6. The molecule has 0 aliphatic carbocycles. The molecule has 2 aliphatic heterocycles. The lowest BCUT2D eigenvalue weighted by atomic mass is 10.1. The zero-order chi connectivity index (χ0) is 48.1. The Bertz CT molecular complexity index is 2980. The van der Waals surface area contributed by atoms with Crippen LogP contribution >= 0.6 is 14.9 Å². The highest BCUT2D eigenvalue weighted by Gasteiger charge is 2.51. The Hall–Kier alpha value is -6.58. The SMILES string of the molecule is Cc1cc(C)cc(N2c3cc(C)c(C)cc3N(c3cc(C)cc(C)c3)P2(=O)c2ccc(-c3ccc(P4(=O)N(c5cc(C)cc(C)c5)c5cc(C)c(C)cc5N4c4cc(C)cc(C)c4)cc3)cc2)c1. The van der Waals surface area contributed by atoms with Gasteiger partial charge in [0.05, 0.1) is 56.1 Å². The molecule has 342 valence electrons. The highest BCUT2D eigenvalue weighted by molar-refractivity contribution is 7.76. The molecule has 10 rings (SSSR count). The molecule has 8 heteroatoms. The molecule has 0 unspecified atom stereocenters. The van der Waals surface area contributed by atoms with Crippen molar-refractivity contribution in [2.45, 2.75) is 83.1 Å². The molecule has 0 saturated carbocycles. The van der Waals surface area contributed by atoms with Crippen molar-refractivity contribution < 1.29 is 9.13 Å². The van der Waals surface area contributed by atoms with Gasteiger partial charge in [-0.2, -0.15) is 0 Å². The first-order chi connectivity index (χ1) is 32.3. The largest absolute Gasteiger partial charge is 0.301 e. The quantitative estimate of drug-likeness (QED) is 0.148. The number of hydrogen-bond donors (Lipinski definition) is 0. The topological polar surface area (TPSA) is 47.1 Å². The van der Waals surface area contributed by atoms with E-state index in [9.17, 15) is 0 Å². The highest BCUT2D eigenvalue weighted by atomic mass is 31.2. The molecule has 0 aromatic heterocycles. The van der Waals surface area contributed by atoms with Gasteiger partial charge >= 0.3 is 14.9 Å². The van der Waals surface area contributed by atoms with Crippen molar-refractivity contribution in [3.63, 3.8) is 0 Å². The third-order valence-electron chi connectivity index (χ3n) is 13.7. The lowest BCUT2D eigenvalue weighted by Gasteiger charge is -2.34. The Balaban J connectivity index is 1.11. The number of anilines is 8. The van der Waals surface area contributed by atoms with Gasteiger partial charge in [-0.1, -0.05) is 48.5 Å². The molecule has 0 amide bonds. The lowest BCUT2D eigenvalue weighted by molar-refractivity contribution is 0.581. The summed E-state index contributed by atoms with van der Waals surface area (Å²) in [5.41, 5.74) is 22.8. The van der Waals surface area contributed by atoms with Crippen molar-refractivity contribution in [2.75, 3.05) is 18.7 Å². The summed E-state index contributed by atoms with van der Waals surface area (Å²) >= 11 is 0. The van der Waals surface area contributed by atoms with E-state index >= 15 is 9.13 Å². The molecular weight excluding hydrogens is 871 g/mol. The molecule has 2 aliphatic rings. The molecule has 0 bridgehead atoms. The van der Waals surface area contributed by atoms with Gasteiger partial charge in [0.2, 0.25) is 0 Å². The average Bonchev–Trinajstić information content (AvgIpc) is 3.67. The summed E-state index contributed by atoms with van der Waals surface area (Å²) in [6, 6.07) is 51.2. The number of rotatable bonds is 7. The fourth-order valence-corrected chi connectivity index (χ4v) is 16.5. The third kappa shape index (κ3) is 7.41. The molecule has 0 saturated heterocycles. The fourth-order valence-electron chi connectivity index (χ4n) is 10.6. The first-order valence-corrected chi connectivity index (χ1v) is 26.8. The van der Waals surface area contributed by atoms with Crippen molar-refractivity contribution in [1.29, 1.82) is 0 Å². The van der Waals surface area contributed by atoms with Gasteiger partial charge in [-0.25, -0.2) is 0 Å². The monoisotopic (exact) mass is 930 g/mol. The second-order valence-electron chi connectivity index (χ2n) is 19.7. The summed E-state index contributed by atoms with van der Waals surface area (Å²) in [6.45, 7) is 25.4. The van der Waals surface area contributed by atoms with Crippen molar-refractivity contribution >= 4 is 71.0 Å². The van der Waals surface area contributed by atoms with Crippen LogP contribution in [0.3, 0.4) is 0 Å². The Morgan fingerprint density at radius 1 is 0.265 bits per heavy atom. The Morgan fingerprint density at radius 2 is 0.456 bits per heavy atom. The third-order valence-corrected chi connectivity index (χ3v) is 19.6. The van der Waals surface area contributed by atoms with Crippen LogP contribution in [-0.4, -0.2) is 0 Å². The fraction of sp³-hybridized carbons (Fsp3) is 0.200. The van der Waals surface area contributed by atoms with E-state index < -0.39 is 14.9 Å². The number of benzene rings is 8. The van der Waals surface area contributed by atoms with Crippen LogP contribution in [0.2, 0.25) is 0 Å². The van der Waals surface area contributed by atoms with Crippen LogP contribution in [0.5, 0.6) is 0 Å². The molecule has 0 radical (unpaired) electrons. The summed E-state index contributed by atoms with van der Waals surface area (Å²) in [7, 11) is -7.27. The summed E-state index contributed by atoms with van der Waals surface area (Å²) < 4.78 is 42.0. The number of nitrogens with zero attached hydrogens (tertiary/aromatic N) is 4. The Labute approximate surface area is 403 Å². The van der Waals surface area contributed by atoms with Gasteiger partial charge in [0.25, 0.3) is 0 Å². The zero-order valence-corrected chi connectivity index (χ0v) is 43.1. The molecule has 6 nitrogen and oxygen atoms in total. The summed E-state index contributed by atoms with van der Waals surface area (Å²) in [5.74, 6) is 0. The first kappa shape index (κ1) is 45.2. The van der Waals surface area contributed by atoms with Crippen LogP contribution in [0.15, 0.2) is 146 Å². The molecule has 0 fully saturated rings. The van der Waals surface area contributed by atoms with Crippen molar-refractivity contribution in [1.82, 2.24) is 0 Å². The maximum absolute atomic E-state index is 16.8. The van der Waals surface area contributed by atoms with Crippen molar-refractivity contribution in [2.24, 2.45) is 0 Å². The van der Waals surface area contributed by atoms with Crippen molar-refractivity contribution in [3.8, 4) is 11.1 Å². The zero-order valence-electron chi connectivity index (χ0n) is 41.4. The van der Waals surface area contributed by atoms with Gasteiger partial charge in [0.1, 0.15) is 0 Å². The Kier molecular flexibility index (Phi) is 11.0. The van der Waals surface area contributed by atoms with E-state index in [1.807, 2.05) is 24.3 Å². The normalized spacial score (nSPS) is 14.7. The molecule has 8 aromatic carbocycles. The van der Waals surface area contributed by atoms with E-state index in [1.165, 1.54) is 0 Å². The van der Waals surface area contributed by atoms with Gasteiger partial charge in [0, 0.05) is 0 Å². The second-order valence-corrected chi connectivity index (χ2v) is 24.5. The molecule has 0 atom stereocenters. The number of hydrogen-bond acceptors (Lipinski definition) is 2. The van der Waals surface area contributed by atoms with Crippen LogP contribution in [-0.2, 0) is 9.13 Å². The van der Waals surface area contributed by atoms with E-state index in [-0.39, 0.29) is 0 Å². The molecule has 2 heterocycles. The first-order valence-electron chi connectivity index (χ1n) is 23.5. The van der Waals surface area contributed by atoms with Crippen LogP contribution in [0.1, 0.15) is 66.8 Å². The van der Waals surface area contributed by atoms with Gasteiger partial charge in [0.15, 0.2) is 0 Å². The predicted molar refractivity (Wildman–Crippen MR) is 290 cm³/mol. The predicted octanol–water partition coefficient (Wildman–Crippen LogP) is 16.7. The molecular formula is C60H60N4O2P2.